The first kappa shape index (κ1) is 19.5. The van der Waals surface area contributed by atoms with Gasteiger partial charge in [0.25, 0.3) is 0 Å². The van der Waals surface area contributed by atoms with Crippen LogP contribution in [0.5, 0.6) is 0 Å². The zero-order chi connectivity index (χ0) is 17.8. The third-order valence-electron chi connectivity index (χ3n) is 5.19. The van der Waals surface area contributed by atoms with Crippen molar-refractivity contribution in [3.8, 4) is 0 Å². The molecule has 0 unspecified atom stereocenters. The van der Waals surface area contributed by atoms with Gasteiger partial charge in [-0.1, -0.05) is 6.07 Å². The third-order valence-corrected chi connectivity index (χ3v) is 5.19. The molecule has 1 aliphatic rings. The Morgan fingerprint density at radius 1 is 1.26 bits per heavy atom. The molecule has 3 aromatic rings. The number of rotatable bonds is 6. The van der Waals surface area contributed by atoms with Gasteiger partial charge >= 0.3 is 0 Å². The second-order valence-corrected chi connectivity index (χ2v) is 6.93. The van der Waals surface area contributed by atoms with Crippen LogP contribution in [0, 0.1) is 5.92 Å². The highest BCUT2D eigenvalue weighted by Crippen LogP contribution is 2.29. The molecule has 0 amide bonds. The highest BCUT2D eigenvalue weighted by atomic mass is 35.5. The summed E-state index contributed by atoms with van der Waals surface area (Å²) in [7, 11) is 0. The number of anilines is 2. The van der Waals surface area contributed by atoms with Gasteiger partial charge in [-0.3, -0.25) is 4.98 Å². The van der Waals surface area contributed by atoms with Crippen LogP contribution in [0.2, 0.25) is 0 Å². The average molecular weight is 388 g/mol. The van der Waals surface area contributed by atoms with E-state index in [1.807, 2.05) is 18.5 Å². The van der Waals surface area contributed by atoms with Crippen LogP contribution in [0.4, 0.5) is 11.6 Å². The first-order valence-corrected chi connectivity index (χ1v) is 9.30. The molecule has 0 aromatic carbocycles. The van der Waals surface area contributed by atoms with Crippen LogP contribution in [0.3, 0.4) is 0 Å². The van der Waals surface area contributed by atoms with Crippen molar-refractivity contribution in [2.45, 2.75) is 25.8 Å². The maximum atomic E-state index is 9.14. The van der Waals surface area contributed by atoms with Gasteiger partial charge in [-0.05, 0) is 48.9 Å². The first-order chi connectivity index (χ1) is 12.8. The number of nitrogens with one attached hydrogen (secondary N) is 2. The number of halogens is 1. The van der Waals surface area contributed by atoms with Crippen LogP contribution in [0.25, 0.3) is 10.9 Å². The van der Waals surface area contributed by atoms with Gasteiger partial charge in [0.15, 0.2) is 5.82 Å². The summed E-state index contributed by atoms with van der Waals surface area (Å²) in [5.41, 5.74) is 2.16. The Kier molecular flexibility index (Phi) is 6.53. The van der Waals surface area contributed by atoms with Gasteiger partial charge in [-0.2, -0.15) is 0 Å². The molecule has 0 aliphatic carbocycles. The van der Waals surface area contributed by atoms with Gasteiger partial charge in [0.1, 0.15) is 5.82 Å². The first-order valence-electron chi connectivity index (χ1n) is 9.30. The number of aliphatic hydroxyl groups is 1. The van der Waals surface area contributed by atoms with E-state index in [-0.39, 0.29) is 12.4 Å². The number of pyridine rings is 2. The van der Waals surface area contributed by atoms with Gasteiger partial charge in [0.2, 0.25) is 0 Å². The molecule has 4 rings (SSSR count). The van der Waals surface area contributed by atoms with Crippen molar-refractivity contribution in [2.24, 2.45) is 5.92 Å². The average Bonchev–Trinajstić information content (AvgIpc) is 3.16. The normalized spacial score (nSPS) is 14.9. The molecule has 3 aromatic heterocycles. The maximum absolute atomic E-state index is 9.14. The number of nitrogens with zero attached hydrogens (tertiary/aromatic N) is 3. The number of piperidine rings is 1. The van der Waals surface area contributed by atoms with Gasteiger partial charge in [-0.15, -0.1) is 12.4 Å². The Hall–Kier alpha value is -2.31. The minimum Gasteiger partial charge on any atom is -0.396 e. The smallest absolute Gasteiger partial charge is 0.153 e. The zero-order valence-corrected chi connectivity index (χ0v) is 16.1. The molecule has 144 valence electrons. The summed E-state index contributed by atoms with van der Waals surface area (Å²) in [4.78, 5) is 14.7. The maximum Gasteiger partial charge on any atom is 0.153 e. The summed E-state index contributed by atoms with van der Waals surface area (Å²) < 4.78 is 0. The Bertz CT molecular complexity index is 846. The Balaban J connectivity index is 0.00000210. The van der Waals surface area contributed by atoms with Crippen LogP contribution in [0.1, 0.15) is 24.8 Å². The second kappa shape index (κ2) is 9.06. The van der Waals surface area contributed by atoms with Crippen LogP contribution < -0.4 is 10.2 Å². The highest BCUT2D eigenvalue weighted by Gasteiger charge is 2.21. The Morgan fingerprint density at radius 2 is 2.11 bits per heavy atom. The lowest BCUT2D eigenvalue weighted by molar-refractivity contribution is 0.240. The molecule has 0 radical (unpaired) electrons. The highest BCUT2D eigenvalue weighted by molar-refractivity contribution is 5.91. The fourth-order valence-electron chi connectivity index (χ4n) is 3.66. The topological polar surface area (TPSA) is 77.1 Å². The molecular weight excluding hydrogens is 362 g/mol. The molecule has 0 bridgehead atoms. The van der Waals surface area contributed by atoms with E-state index in [0.29, 0.717) is 19.1 Å². The quantitative estimate of drug-likeness (QED) is 0.602. The van der Waals surface area contributed by atoms with Crippen molar-refractivity contribution >= 4 is 34.9 Å². The SMILES string of the molecule is Cl.OCCC1CCN(c2cc3cc[nH]c3c(NCc3cccnc3)n2)CC1. The predicted molar refractivity (Wildman–Crippen MR) is 112 cm³/mol. The van der Waals surface area contributed by atoms with E-state index in [0.717, 1.165) is 55.1 Å². The number of aromatic amines is 1. The zero-order valence-electron chi connectivity index (χ0n) is 15.3. The van der Waals surface area contributed by atoms with E-state index in [4.69, 9.17) is 10.1 Å². The minimum atomic E-state index is 0. The van der Waals surface area contributed by atoms with E-state index in [1.54, 1.807) is 6.20 Å². The Morgan fingerprint density at radius 3 is 2.85 bits per heavy atom. The molecule has 1 saturated heterocycles. The molecule has 0 atom stereocenters. The van der Waals surface area contributed by atoms with Crippen LogP contribution in [-0.2, 0) is 6.54 Å². The van der Waals surface area contributed by atoms with Gasteiger partial charge in [0.05, 0.1) is 5.52 Å². The van der Waals surface area contributed by atoms with E-state index in [9.17, 15) is 0 Å². The van der Waals surface area contributed by atoms with Gasteiger partial charge in [0, 0.05) is 50.2 Å². The van der Waals surface area contributed by atoms with Crippen molar-refractivity contribution in [1.82, 2.24) is 15.0 Å². The number of H-pyrrole nitrogens is 1. The summed E-state index contributed by atoms with van der Waals surface area (Å²) in [6, 6.07) is 8.26. The van der Waals surface area contributed by atoms with E-state index >= 15 is 0 Å². The molecule has 4 heterocycles. The lowest BCUT2D eigenvalue weighted by atomic mass is 9.94. The van der Waals surface area contributed by atoms with E-state index in [1.165, 1.54) is 5.39 Å². The number of fused-ring (bicyclic) bond motifs is 1. The standard InChI is InChI=1S/C20H25N5O.ClH/c26-11-6-15-4-9-25(10-5-15)18-12-17-3-8-22-19(17)20(24-18)23-14-16-2-1-7-21-13-16;/h1-3,7-8,12-13,15,22,26H,4-6,9-11,14H2,(H,23,24);1H. The number of hydrogen-bond acceptors (Lipinski definition) is 5. The predicted octanol–water partition coefficient (Wildman–Crippen LogP) is 3.59. The minimum absolute atomic E-state index is 0. The van der Waals surface area contributed by atoms with Crippen LogP contribution >= 0.6 is 12.4 Å². The van der Waals surface area contributed by atoms with Crippen LogP contribution in [0.15, 0.2) is 42.9 Å². The van der Waals surface area contributed by atoms with Crippen molar-refractivity contribution in [1.29, 1.82) is 0 Å². The van der Waals surface area contributed by atoms with Crippen molar-refractivity contribution in [3.05, 3.63) is 48.4 Å². The fourth-order valence-corrected chi connectivity index (χ4v) is 3.66. The van der Waals surface area contributed by atoms with Crippen molar-refractivity contribution < 1.29 is 5.11 Å². The van der Waals surface area contributed by atoms with Crippen molar-refractivity contribution in [3.63, 3.8) is 0 Å². The lowest BCUT2D eigenvalue weighted by Crippen LogP contribution is -2.34. The van der Waals surface area contributed by atoms with Crippen molar-refractivity contribution in [2.75, 3.05) is 29.9 Å². The second-order valence-electron chi connectivity index (χ2n) is 6.93. The van der Waals surface area contributed by atoms with Gasteiger partial charge < -0.3 is 20.3 Å². The number of hydrogen-bond donors (Lipinski definition) is 3. The molecule has 1 fully saturated rings. The molecule has 1 aliphatic heterocycles. The number of aromatic nitrogens is 3. The molecule has 7 heteroatoms. The molecule has 6 nitrogen and oxygen atoms in total. The van der Waals surface area contributed by atoms with E-state index in [2.05, 4.69) is 38.4 Å². The summed E-state index contributed by atoms with van der Waals surface area (Å²) in [5, 5.41) is 13.8. The summed E-state index contributed by atoms with van der Waals surface area (Å²) >= 11 is 0. The fraction of sp³-hybridized carbons (Fsp3) is 0.400. The Labute approximate surface area is 165 Å². The van der Waals surface area contributed by atoms with E-state index < -0.39 is 0 Å². The molecule has 0 saturated carbocycles. The lowest BCUT2D eigenvalue weighted by Gasteiger charge is -2.33. The van der Waals surface area contributed by atoms with Gasteiger partial charge in [-0.25, -0.2) is 4.98 Å². The molecule has 3 N–H and O–H groups in total. The monoisotopic (exact) mass is 387 g/mol. The number of aliphatic hydroxyl groups excluding tert-OH is 1. The largest absolute Gasteiger partial charge is 0.396 e. The molecular formula is C20H26ClN5O. The van der Waals surface area contributed by atoms with Crippen LogP contribution in [-0.4, -0.2) is 39.8 Å². The summed E-state index contributed by atoms with van der Waals surface area (Å²) in [6.07, 6.45) is 8.76. The molecule has 27 heavy (non-hydrogen) atoms. The summed E-state index contributed by atoms with van der Waals surface area (Å²) in [5.74, 6) is 2.53. The summed E-state index contributed by atoms with van der Waals surface area (Å²) in [6.45, 7) is 2.98. The molecule has 0 spiro atoms. The third kappa shape index (κ3) is 4.51.